The fourth-order valence-electron chi connectivity index (χ4n) is 4.90. The third-order valence-electron chi connectivity index (χ3n) is 6.85. The summed E-state index contributed by atoms with van der Waals surface area (Å²) in [5.74, 6) is -0.413. The number of carbonyl (C=O) groups excluding carboxylic acids is 3. The second kappa shape index (κ2) is 11.3. The first-order valence-electron chi connectivity index (χ1n) is 13.2. The summed E-state index contributed by atoms with van der Waals surface area (Å²) in [5.41, 5.74) is 1.20. The first-order valence-corrected chi connectivity index (χ1v) is 14.5. The third-order valence-corrected chi connectivity index (χ3v) is 8.64. The molecule has 2 saturated heterocycles. The molecule has 2 atom stereocenters. The number of nitrogens with zero attached hydrogens (tertiary/aromatic N) is 3. The van der Waals surface area contributed by atoms with E-state index in [9.17, 15) is 14.4 Å². The number of likely N-dealkylation sites (tertiary alicyclic amines) is 1. The van der Waals surface area contributed by atoms with Crippen LogP contribution in [-0.4, -0.2) is 74.9 Å². The van der Waals surface area contributed by atoms with E-state index in [0.29, 0.717) is 25.2 Å². The van der Waals surface area contributed by atoms with Crippen molar-refractivity contribution in [3.63, 3.8) is 0 Å². The van der Waals surface area contributed by atoms with Crippen molar-refractivity contribution < 1.29 is 23.5 Å². The molecule has 9 heteroatoms. The number of para-hydroxylation sites is 1. The quantitative estimate of drug-likeness (QED) is 0.341. The van der Waals surface area contributed by atoms with Gasteiger partial charge in [-0.1, -0.05) is 69.3 Å². The summed E-state index contributed by atoms with van der Waals surface area (Å²) in [7, 11) is -0.833. The summed E-state index contributed by atoms with van der Waals surface area (Å²) in [6.45, 7) is 11.6. The molecule has 0 saturated carbocycles. The number of rotatable bonds is 10. The highest BCUT2D eigenvalue weighted by Gasteiger charge is 2.54. The van der Waals surface area contributed by atoms with Gasteiger partial charge in [0.15, 0.2) is 9.76 Å². The van der Waals surface area contributed by atoms with Crippen molar-refractivity contribution in [1.29, 1.82) is 0 Å². The number of cyclic esters (lactones) is 1. The highest BCUT2D eigenvalue weighted by atomic mass is 28.2. The Morgan fingerprint density at radius 2 is 1.66 bits per heavy atom. The highest BCUT2D eigenvalue weighted by Crippen LogP contribution is 2.37. The van der Waals surface area contributed by atoms with Gasteiger partial charge >= 0.3 is 6.09 Å². The van der Waals surface area contributed by atoms with E-state index in [4.69, 9.17) is 9.16 Å². The summed E-state index contributed by atoms with van der Waals surface area (Å²) >= 11 is 0. The van der Waals surface area contributed by atoms with Crippen molar-refractivity contribution >= 4 is 33.4 Å². The van der Waals surface area contributed by atoms with Gasteiger partial charge in [0.1, 0.15) is 19.2 Å². The molecule has 204 valence electrons. The van der Waals surface area contributed by atoms with Gasteiger partial charge in [-0.3, -0.25) is 19.4 Å². The molecule has 0 radical (unpaired) electrons. The predicted octanol–water partition coefficient (Wildman–Crippen LogP) is 3.74. The molecule has 2 heterocycles. The van der Waals surface area contributed by atoms with Crippen LogP contribution < -0.4 is 4.90 Å². The summed E-state index contributed by atoms with van der Waals surface area (Å²) < 4.78 is 11.5. The van der Waals surface area contributed by atoms with Crippen LogP contribution in [0.5, 0.6) is 0 Å². The van der Waals surface area contributed by atoms with Gasteiger partial charge in [-0.15, -0.1) is 0 Å². The van der Waals surface area contributed by atoms with Gasteiger partial charge in [0.05, 0.1) is 18.2 Å². The van der Waals surface area contributed by atoms with Gasteiger partial charge in [-0.05, 0) is 43.0 Å². The molecule has 0 N–H and O–H groups in total. The molecule has 2 aromatic carbocycles. The smallest absolute Gasteiger partial charge is 0.410 e. The maximum Gasteiger partial charge on any atom is 0.410 e. The van der Waals surface area contributed by atoms with Crippen LogP contribution in [0.25, 0.3) is 0 Å². The van der Waals surface area contributed by atoms with Crippen LogP contribution in [0.15, 0.2) is 60.7 Å². The van der Waals surface area contributed by atoms with Crippen LogP contribution in [-0.2, 0) is 25.3 Å². The van der Waals surface area contributed by atoms with Crippen molar-refractivity contribution in [2.45, 2.75) is 70.3 Å². The number of ether oxygens (including phenoxy) is 1. The van der Waals surface area contributed by atoms with Gasteiger partial charge in [0, 0.05) is 12.2 Å². The zero-order valence-electron chi connectivity index (χ0n) is 23.1. The molecule has 0 bridgehead atoms. The maximum atomic E-state index is 13.8. The van der Waals surface area contributed by atoms with Crippen LogP contribution >= 0.6 is 0 Å². The molecule has 3 amide bonds. The average molecular weight is 538 g/mol. The highest BCUT2D eigenvalue weighted by molar-refractivity contribution is 6.31. The number of hydrogen-bond donors (Lipinski definition) is 0. The summed E-state index contributed by atoms with van der Waals surface area (Å²) in [6.07, 6.45) is 0.0806. The van der Waals surface area contributed by atoms with E-state index in [1.54, 1.807) is 4.90 Å². The Hall–Kier alpha value is -3.17. The van der Waals surface area contributed by atoms with E-state index in [1.807, 2.05) is 65.6 Å². The minimum absolute atomic E-state index is 0.107. The maximum absolute atomic E-state index is 13.8. The molecule has 38 heavy (non-hydrogen) atoms. The lowest BCUT2D eigenvalue weighted by Gasteiger charge is -2.53. The van der Waals surface area contributed by atoms with Crippen molar-refractivity contribution in [3.8, 4) is 0 Å². The lowest BCUT2D eigenvalue weighted by molar-refractivity contribution is -0.154. The van der Waals surface area contributed by atoms with Crippen LogP contribution in [0.1, 0.15) is 46.6 Å². The number of benzene rings is 2. The Kier molecular flexibility index (Phi) is 8.27. The fraction of sp³-hybridized carbons (Fsp3) is 0.483. The van der Waals surface area contributed by atoms with Gasteiger partial charge in [0.25, 0.3) is 0 Å². The van der Waals surface area contributed by atoms with E-state index in [1.165, 1.54) is 4.90 Å². The standard InChI is InChI=1S/C29H39N3O5Si/c1-28(2,3)38-37-29(4,5)18-23-25(26(34)31(23)19-21-12-8-6-9-13-21)32(22-14-10-7-11-15-22)24(33)20-30-16-17-36-27(30)35/h6-15,23,25H,16-20,38H2,1-5H3. The monoisotopic (exact) mass is 537 g/mol. The molecule has 0 spiro atoms. The zero-order chi connectivity index (χ0) is 27.5. The predicted molar refractivity (Wildman–Crippen MR) is 149 cm³/mol. The molecule has 2 aliphatic heterocycles. The van der Waals surface area contributed by atoms with Gasteiger partial charge in [-0.2, -0.15) is 0 Å². The molecule has 2 aromatic rings. The Bertz CT molecular complexity index is 1140. The molecule has 2 aliphatic rings. The minimum atomic E-state index is -0.833. The van der Waals surface area contributed by atoms with Crippen molar-refractivity contribution in [3.05, 3.63) is 66.2 Å². The zero-order valence-corrected chi connectivity index (χ0v) is 24.5. The van der Waals surface area contributed by atoms with Gasteiger partial charge in [0.2, 0.25) is 11.8 Å². The second-order valence-corrected chi connectivity index (χ2v) is 14.6. The first kappa shape index (κ1) is 27.9. The van der Waals surface area contributed by atoms with E-state index in [2.05, 4.69) is 34.6 Å². The second-order valence-electron chi connectivity index (χ2n) is 11.9. The van der Waals surface area contributed by atoms with E-state index in [0.717, 1.165) is 5.56 Å². The largest absolute Gasteiger partial charge is 0.448 e. The number of β-lactam (4-membered cyclic amide) rings is 1. The van der Waals surface area contributed by atoms with Crippen molar-refractivity contribution in [2.75, 3.05) is 24.6 Å². The first-order chi connectivity index (χ1) is 18.0. The number of amides is 3. The van der Waals surface area contributed by atoms with Crippen LogP contribution in [0, 0.1) is 0 Å². The molecule has 8 nitrogen and oxygen atoms in total. The lowest BCUT2D eigenvalue weighted by atomic mass is 9.83. The Labute approximate surface area is 227 Å². The normalized spacial score (nSPS) is 20.1. The van der Waals surface area contributed by atoms with Crippen molar-refractivity contribution in [2.24, 2.45) is 0 Å². The fourth-order valence-corrected chi connectivity index (χ4v) is 5.84. The summed E-state index contributed by atoms with van der Waals surface area (Å²) in [5, 5.41) is 0.131. The molecule has 4 rings (SSSR count). The van der Waals surface area contributed by atoms with Gasteiger partial charge in [-0.25, -0.2) is 4.79 Å². The topological polar surface area (TPSA) is 79.4 Å². The number of anilines is 1. The van der Waals surface area contributed by atoms with E-state index in [-0.39, 0.29) is 36.0 Å². The SMILES string of the molecule is CC(C)(CC1C(N(C(=O)CN2CCOC2=O)c2ccccc2)C(=O)N1Cc1ccccc1)O[SiH2]C(C)(C)C. The molecule has 0 aliphatic carbocycles. The Morgan fingerprint density at radius 3 is 2.24 bits per heavy atom. The van der Waals surface area contributed by atoms with Crippen molar-refractivity contribution in [1.82, 2.24) is 9.80 Å². The molecular formula is C29H39N3O5Si. The Morgan fingerprint density at radius 1 is 1.03 bits per heavy atom. The van der Waals surface area contributed by atoms with E-state index < -0.39 is 27.5 Å². The average Bonchev–Trinajstić information content (AvgIpc) is 3.28. The van der Waals surface area contributed by atoms with Gasteiger partial charge < -0.3 is 14.1 Å². The van der Waals surface area contributed by atoms with E-state index >= 15 is 0 Å². The Balaban J connectivity index is 1.64. The summed E-state index contributed by atoms with van der Waals surface area (Å²) in [6, 6.07) is 18.2. The number of hydrogen-bond acceptors (Lipinski definition) is 5. The van der Waals surface area contributed by atoms with Crippen LogP contribution in [0.2, 0.25) is 5.04 Å². The molecular weight excluding hydrogens is 498 g/mol. The molecule has 0 aromatic heterocycles. The van der Waals surface area contributed by atoms with Crippen LogP contribution in [0.3, 0.4) is 0 Å². The van der Waals surface area contributed by atoms with Crippen LogP contribution in [0.4, 0.5) is 10.5 Å². The molecule has 2 fully saturated rings. The lowest BCUT2D eigenvalue weighted by Crippen LogP contribution is -2.73. The third kappa shape index (κ3) is 6.63. The minimum Gasteiger partial charge on any atom is -0.448 e. The number of carbonyl (C=O) groups is 3. The summed E-state index contributed by atoms with van der Waals surface area (Å²) in [4.78, 5) is 44.5. The molecule has 2 unspecified atom stereocenters.